The van der Waals surface area contributed by atoms with Crippen LogP contribution in [0.5, 0.6) is 0 Å². The Kier molecular flexibility index (Phi) is 4.07. The summed E-state index contributed by atoms with van der Waals surface area (Å²) >= 11 is 0. The number of nitrogens with zero attached hydrogens (tertiary/aromatic N) is 1. The van der Waals surface area contributed by atoms with E-state index in [1.165, 1.54) is 4.90 Å². The second-order valence-electron chi connectivity index (χ2n) is 7.09. The summed E-state index contributed by atoms with van der Waals surface area (Å²) in [6.07, 6.45) is 4.29. The van der Waals surface area contributed by atoms with Gasteiger partial charge in [-0.3, -0.25) is 19.3 Å². The fraction of sp³-hybridized carbons (Fsp3) is 0.526. The molecule has 1 saturated heterocycles. The number of carbonyl (C=O) groups is 3. The Morgan fingerprint density at radius 2 is 1.60 bits per heavy atom. The van der Waals surface area contributed by atoms with E-state index in [1.807, 2.05) is 0 Å². The quantitative estimate of drug-likeness (QED) is 0.851. The Balaban J connectivity index is 1.64. The van der Waals surface area contributed by atoms with Crippen LogP contribution in [0.15, 0.2) is 24.3 Å². The molecule has 2 fully saturated rings. The van der Waals surface area contributed by atoms with Crippen molar-refractivity contribution in [3.63, 3.8) is 0 Å². The van der Waals surface area contributed by atoms with Crippen LogP contribution in [-0.4, -0.2) is 47.4 Å². The van der Waals surface area contributed by atoms with Gasteiger partial charge in [0.25, 0.3) is 11.8 Å². The van der Waals surface area contributed by atoms with E-state index in [1.54, 1.807) is 24.3 Å². The first-order valence-corrected chi connectivity index (χ1v) is 9.00. The van der Waals surface area contributed by atoms with Crippen molar-refractivity contribution >= 4 is 17.7 Å². The second kappa shape index (κ2) is 6.26. The number of nitrogens with one attached hydrogen (secondary N) is 1. The zero-order valence-electron chi connectivity index (χ0n) is 14.1. The van der Waals surface area contributed by atoms with Gasteiger partial charge < -0.3 is 10.1 Å². The van der Waals surface area contributed by atoms with E-state index in [9.17, 15) is 14.4 Å². The molecule has 6 nitrogen and oxygen atoms in total. The van der Waals surface area contributed by atoms with Gasteiger partial charge in [0.05, 0.1) is 11.1 Å². The lowest BCUT2D eigenvalue weighted by Gasteiger charge is -2.37. The first-order chi connectivity index (χ1) is 12.1. The normalized spacial score (nSPS) is 23.0. The van der Waals surface area contributed by atoms with Gasteiger partial charge in [0, 0.05) is 19.3 Å². The molecule has 4 rings (SSSR count). The first-order valence-electron chi connectivity index (χ1n) is 9.00. The molecular weight excluding hydrogens is 320 g/mol. The number of rotatable bonds is 3. The zero-order chi connectivity index (χ0) is 17.4. The lowest BCUT2D eigenvalue weighted by Crippen LogP contribution is -2.61. The average Bonchev–Trinajstić information content (AvgIpc) is 3.21. The maximum atomic E-state index is 13.2. The van der Waals surface area contributed by atoms with Gasteiger partial charge in [-0.25, -0.2) is 0 Å². The largest absolute Gasteiger partial charge is 0.381 e. The molecule has 2 heterocycles. The molecule has 1 N–H and O–H groups in total. The highest BCUT2D eigenvalue weighted by Gasteiger charge is 2.54. The molecule has 0 bridgehead atoms. The molecule has 0 atom stereocenters. The summed E-state index contributed by atoms with van der Waals surface area (Å²) in [6.45, 7) is 1.26. The summed E-state index contributed by atoms with van der Waals surface area (Å²) in [5, 5.41) is 3.08. The fourth-order valence-electron chi connectivity index (χ4n) is 4.25. The van der Waals surface area contributed by atoms with Gasteiger partial charge in [0.1, 0.15) is 5.54 Å². The summed E-state index contributed by atoms with van der Waals surface area (Å²) in [4.78, 5) is 40.2. The Labute approximate surface area is 146 Å². The van der Waals surface area contributed by atoms with E-state index >= 15 is 0 Å². The van der Waals surface area contributed by atoms with Crippen LogP contribution < -0.4 is 5.32 Å². The molecule has 3 amide bonds. The van der Waals surface area contributed by atoms with E-state index in [0.29, 0.717) is 37.2 Å². The van der Waals surface area contributed by atoms with Gasteiger partial charge in [0.2, 0.25) is 5.91 Å². The minimum absolute atomic E-state index is 0.0499. The molecular formula is C19H22N2O4. The summed E-state index contributed by atoms with van der Waals surface area (Å²) in [5.74, 6) is -0.874. The van der Waals surface area contributed by atoms with Crippen LogP contribution in [-0.2, 0) is 9.53 Å². The minimum atomic E-state index is -1.05. The van der Waals surface area contributed by atoms with E-state index < -0.39 is 5.54 Å². The number of carbonyl (C=O) groups excluding carboxylic acids is 3. The summed E-state index contributed by atoms with van der Waals surface area (Å²) < 4.78 is 5.34. The van der Waals surface area contributed by atoms with Gasteiger partial charge in [0.15, 0.2) is 0 Å². The molecule has 0 unspecified atom stereocenters. The first kappa shape index (κ1) is 16.3. The third kappa shape index (κ3) is 2.56. The van der Waals surface area contributed by atoms with Crippen molar-refractivity contribution in [3.05, 3.63) is 35.4 Å². The van der Waals surface area contributed by atoms with Crippen molar-refractivity contribution in [1.82, 2.24) is 10.2 Å². The van der Waals surface area contributed by atoms with E-state index in [-0.39, 0.29) is 23.8 Å². The number of fused-ring (bicyclic) bond motifs is 1. The maximum Gasteiger partial charge on any atom is 0.262 e. The molecule has 1 aliphatic carbocycles. The van der Waals surface area contributed by atoms with Gasteiger partial charge in [-0.1, -0.05) is 25.0 Å². The van der Waals surface area contributed by atoms with Gasteiger partial charge >= 0.3 is 0 Å². The molecule has 0 radical (unpaired) electrons. The SMILES string of the molecule is O=C1c2ccccc2C(=O)N1C1(C(=O)NC2CCOCC2)CCCC1. The van der Waals surface area contributed by atoms with Crippen molar-refractivity contribution in [2.75, 3.05) is 13.2 Å². The van der Waals surface area contributed by atoms with E-state index in [4.69, 9.17) is 4.74 Å². The molecule has 132 valence electrons. The summed E-state index contributed by atoms with van der Waals surface area (Å²) in [7, 11) is 0. The second-order valence-corrected chi connectivity index (χ2v) is 7.09. The molecule has 25 heavy (non-hydrogen) atoms. The molecule has 0 aromatic heterocycles. The van der Waals surface area contributed by atoms with Crippen LogP contribution >= 0.6 is 0 Å². The standard InChI is InChI=1S/C19H22N2O4/c22-16-14-5-1-2-6-15(14)17(23)21(16)19(9-3-4-10-19)18(24)20-13-7-11-25-12-8-13/h1-2,5-6,13H,3-4,7-12H2,(H,20,24). The van der Waals surface area contributed by atoms with Gasteiger partial charge in [-0.05, 0) is 37.8 Å². The highest BCUT2D eigenvalue weighted by atomic mass is 16.5. The van der Waals surface area contributed by atoms with Crippen LogP contribution in [0.4, 0.5) is 0 Å². The van der Waals surface area contributed by atoms with Crippen molar-refractivity contribution in [2.24, 2.45) is 0 Å². The number of ether oxygens (including phenoxy) is 1. The number of amides is 3. The van der Waals surface area contributed by atoms with Crippen molar-refractivity contribution < 1.29 is 19.1 Å². The molecule has 1 aromatic carbocycles. The van der Waals surface area contributed by atoms with Crippen LogP contribution in [0.1, 0.15) is 59.2 Å². The Hall–Kier alpha value is -2.21. The molecule has 1 saturated carbocycles. The number of hydrogen-bond acceptors (Lipinski definition) is 4. The van der Waals surface area contributed by atoms with Crippen molar-refractivity contribution in [2.45, 2.75) is 50.1 Å². The highest BCUT2D eigenvalue weighted by Crippen LogP contribution is 2.40. The Bertz CT molecular complexity index is 683. The average molecular weight is 342 g/mol. The van der Waals surface area contributed by atoms with Gasteiger partial charge in [-0.2, -0.15) is 0 Å². The molecule has 6 heteroatoms. The van der Waals surface area contributed by atoms with E-state index in [2.05, 4.69) is 5.32 Å². The Morgan fingerprint density at radius 3 is 2.16 bits per heavy atom. The van der Waals surface area contributed by atoms with Crippen molar-refractivity contribution in [3.8, 4) is 0 Å². The molecule has 1 aromatic rings. The van der Waals surface area contributed by atoms with Crippen molar-refractivity contribution in [1.29, 1.82) is 0 Å². The van der Waals surface area contributed by atoms with Gasteiger partial charge in [-0.15, -0.1) is 0 Å². The number of benzene rings is 1. The smallest absolute Gasteiger partial charge is 0.262 e. The van der Waals surface area contributed by atoms with Crippen LogP contribution in [0.3, 0.4) is 0 Å². The maximum absolute atomic E-state index is 13.2. The summed E-state index contributed by atoms with van der Waals surface area (Å²) in [5.41, 5.74) is -0.249. The van der Waals surface area contributed by atoms with Crippen LogP contribution in [0.25, 0.3) is 0 Å². The predicted molar refractivity (Wildman–Crippen MR) is 90.1 cm³/mol. The predicted octanol–water partition coefficient (Wildman–Crippen LogP) is 1.89. The monoisotopic (exact) mass is 342 g/mol. The lowest BCUT2D eigenvalue weighted by atomic mass is 9.92. The molecule has 3 aliphatic rings. The topological polar surface area (TPSA) is 75.7 Å². The van der Waals surface area contributed by atoms with E-state index in [0.717, 1.165) is 25.7 Å². The Morgan fingerprint density at radius 1 is 1.04 bits per heavy atom. The minimum Gasteiger partial charge on any atom is -0.381 e. The van der Waals surface area contributed by atoms with Crippen LogP contribution in [0.2, 0.25) is 0 Å². The third-order valence-electron chi connectivity index (χ3n) is 5.63. The lowest BCUT2D eigenvalue weighted by molar-refractivity contribution is -0.132. The number of imide groups is 1. The zero-order valence-corrected chi connectivity index (χ0v) is 14.1. The molecule has 2 aliphatic heterocycles. The third-order valence-corrected chi connectivity index (χ3v) is 5.63. The van der Waals surface area contributed by atoms with Crippen LogP contribution in [0, 0.1) is 0 Å². The highest BCUT2D eigenvalue weighted by molar-refractivity contribution is 6.23. The fourth-order valence-corrected chi connectivity index (χ4v) is 4.25. The summed E-state index contributed by atoms with van der Waals surface area (Å²) in [6, 6.07) is 6.87. The number of hydrogen-bond donors (Lipinski definition) is 1. The molecule has 0 spiro atoms.